The molecule has 0 aliphatic heterocycles. The van der Waals surface area contributed by atoms with Crippen molar-refractivity contribution in [2.24, 2.45) is 0 Å². The van der Waals surface area contributed by atoms with E-state index in [9.17, 15) is 4.79 Å². The molecule has 29 heavy (non-hydrogen) atoms. The van der Waals surface area contributed by atoms with Crippen LogP contribution in [0.25, 0.3) is 38.2 Å². The van der Waals surface area contributed by atoms with E-state index < -0.39 is 0 Å². The van der Waals surface area contributed by atoms with E-state index in [1.165, 1.54) is 4.88 Å². The van der Waals surface area contributed by atoms with Crippen molar-refractivity contribution >= 4 is 22.1 Å². The summed E-state index contributed by atoms with van der Waals surface area (Å²) < 4.78 is 1.55. The molecule has 4 heteroatoms. The zero-order chi connectivity index (χ0) is 19.8. The van der Waals surface area contributed by atoms with Gasteiger partial charge in [-0.1, -0.05) is 66.7 Å². The number of benzene rings is 3. The van der Waals surface area contributed by atoms with E-state index in [4.69, 9.17) is 5.10 Å². The van der Waals surface area contributed by atoms with Crippen LogP contribution in [0.4, 0.5) is 0 Å². The summed E-state index contributed by atoms with van der Waals surface area (Å²) in [5, 5.41) is 8.43. The van der Waals surface area contributed by atoms with Gasteiger partial charge < -0.3 is 0 Å². The summed E-state index contributed by atoms with van der Waals surface area (Å²) in [5.41, 5.74) is 4.60. The van der Waals surface area contributed by atoms with Gasteiger partial charge in [-0.3, -0.25) is 4.79 Å². The molecule has 2 aromatic heterocycles. The number of hydrogen-bond acceptors (Lipinski definition) is 3. The molecule has 2 heterocycles. The van der Waals surface area contributed by atoms with Crippen molar-refractivity contribution < 1.29 is 0 Å². The van der Waals surface area contributed by atoms with E-state index in [0.717, 1.165) is 33.5 Å². The Balaban J connectivity index is 1.82. The highest BCUT2D eigenvalue weighted by atomic mass is 32.1. The number of fused-ring (bicyclic) bond motifs is 1. The third kappa shape index (κ3) is 3.08. The lowest BCUT2D eigenvalue weighted by Crippen LogP contribution is -2.23. The van der Waals surface area contributed by atoms with Gasteiger partial charge in [0, 0.05) is 15.8 Å². The van der Waals surface area contributed by atoms with Crippen molar-refractivity contribution in [2.45, 2.75) is 6.92 Å². The lowest BCUT2D eigenvalue weighted by Gasteiger charge is -2.14. The first-order valence-electron chi connectivity index (χ1n) is 9.45. The minimum Gasteiger partial charge on any atom is -0.267 e. The molecule has 0 saturated heterocycles. The van der Waals surface area contributed by atoms with Crippen molar-refractivity contribution in [3.63, 3.8) is 0 Å². The SMILES string of the molecule is Cc1ccc(-c2cccs2)cc1-n1nc(-c2ccccc2)c2ccccc2c1=O. The average molecular weight is 394 g/mol. The molecule has 0 unspecified atom stereocenters. The third-order valence-electron chi connectivity index (χ3n) is 5.10. The Labute approximate surface area is 172 Å². The lowest BCUT2D eigenvalue weighted by molar-refractivity contribution is 0.820. The summed E-state index contributed by atoms with van der Waals surface area (Å²) >= 11 is 1.68. The second kappa shape index (κ2) is 7.15. The van der Waals surface area contributed by atoms with Crippen LogP contribution in [0, 0.1) is 6.92 Å². The van der Waals surface area contributed by atoms with Gasteiger partial charge in [-0.25, -0.2) is 0 Å². The Morgan fingerprint density at radius 3 is 2.31 bits per heavy atom. The highest BCUT2D eigenvalue weighted by molar-refractivity contribution is 7.13. The van der Waals surface area contributed by atoms with Gasteiger partial charge >= 0.3 is 0 Å². The predicted octanol–water partition coefficient (Wildman–Crippen LogP) is 6.09. The largest absolute Gasteiger partial charge is 0.279 e. The first-order valence-corrected chi connectivity index (χ1v) is 10.3. The van der Waals surface area contributed by atoms with Crippen LogP contribution in [0.5, 0.6) is 0 Å². The molecule has 3 aromatic carbocycles. The smallest absolute Gasteiger partial charge is 0.267 e. The van der Waals surface area contributed by atoms with E-state index in [1.807, 2.05) is 67.6 Å². The van der Waals surface area contributed by atoms with Crippen LogP contribution in [0.15, 0.2) is 95.1 Å². The average Bonchev–Trinajstić information content (AvgIpc) is 3.30. The fourth-order valence-electron chi connectivity index (χ4n) is 3.60. The second-order valence-electron chi connectivity index (χ2n) is 6.96. The van der Waals surface area contributed by atoms with E-state index in [1.54, 1.807) is 16.0 Å². The Hall–Kier alpha value is -3.50. The van der Waals surface area contributed by atoms with Crippen LogP contribution in [-0.2, 0) is 0 Å². The van der Waals surface area contributed by atoms with E-state index >= 15 is 0 Å². The number of rotatable bonds is 3. The molecule has 0 spiro atoms. The van der Waals surface area contributed by atoms with Gasteiger partial charge in [-0.15, -0.1) is 11.3 Å². The molecule has 3 nitrogen and oxygen atoms in total. The normalized spacial score (nSPS) is 11.1. The summed E-state index contributed by atoms with van der Waals surface area (Å²) in [4.78, 5) is 14.5. The topological polar surface area (TPSA) is 34.9 Å². The Bertz CT molecular complexity index is 1370. The highest BCUT2D eigenvalue weighted by Crippen LogP contribution is 2.29. The predicted molar refractivity (Wildman–Crippen MR) is 121 cm³/mol. The van der Waals surface area contributed by atoms with E-state index in [-0.39, 0.29) is 5.56 Å². The molecule has 0 fully saturated rings. The molecule has 5 rings (SSSR count). The quantitative estimate of drug-likeness (QED) is 0.371. The Kier molecular flexibility index (Phi) is 4.34. The Morgan fingerprint density at radius 1 is 0.793 bits per heavy atom. The minimum absolute atomic E-state index is 0.105. The van der Waals surface area contributed by atoms with E-state index in [2.05, 4.69) is 29.6 Å². The number of nitrogens with zero attached hydrogens (tertiary/aromatic N) is 2. The van der Waals surface area contributed by atoms with Gasteiger partial charge in [0.2, 0.25) is 0 Å². The second-order valence-corrected chi connectivity index (χ2v) is 7.90. The maximum atomic E-state index is 13.4. The standard InChI is InChI=1S/C25H18N2OS/c1-17-13-14-19(23-12-7-15-29-23)16-22(17)27-25(28)21-11-6-5-10-20(21)24(26-27)18-8-3-2-4-9-18/h2-16H,1H3. The van der Waals surface area contributed by atoms with Crippen LogP contribution in [0.1, 0.15) is 5.56 Å². The zero-order valence-corrected chi connectivity index (χ0v) is 16.7. The first-order chi connectivity index (χ1) is 14.2. The van der Waals surface area contributed by atoms with Crippen LogP contribution >= 0.6 is 11.3 Å². The Morgan fingerprint density at radius 2 is 1.55 bits per heavy atom. The van der Waals surface area contributed by atoms with Gasteiger partial charge in [0.15, 0.2) is 0 Å². The molecule has 0 aliphatic carbocycles. The number of hydrogen-bond donors (Lipinski definition) is 0. The van der Waals surface area contributed by atoms with Gasteiger partial charge in [-0.05, 0) is 41.6 Å². The molecule has 0 bridgehead atoms. The molecular weight excluding hydrogens is 376 g/mol. The fourth-order valence-corrected chi connectivity index (χ4v) is 4.32. The van der Waals surface area contributed by atoms with Crippen LogP contribution < -0.4 is 5.56 Å². The summed E-state index contributed by atoms with van der Waals surface area (Å²) in [6, 6.07) is 28.0. The van der Waals surface area contributed by atoms with Crippen LogP contribution in [-0.4, -0.2) is 9.78 Å². The first kappa shape index (κ1) is 17.6. The van der Waals surface area contributed by atoms with Gasteiger partial charge in [-0.2, -0.15) is 9.78 Å². The zero-order valence-electron chi connectivity index (χ0n) is 15.9. The molecule has 0 radical (unpaired) electrons. The number of aryl methyl sites for hydroxylation is 1. The van der Waals surface area contributed by atoms with Gasteiger partial charge in [0.25, 0.3) is 5.56 Å². The van der Waals surface area contributed by atoms with E-state index in [0.29, 0.717) is 5.39 Å². The van der Waals surface area contributed by atoms with Gasteiger partial charge in [0.05, 0.1) is 16.8 Å². The maximum Gasteiger partial charge on any atom is 0.279 e. The molecular formula is C25H18N2OS. The summed E-state index contributed by atoms with van der Waals surface area (Å²) in [5.74, 6) is 0. The number of aromatic nitrogens is 2. The van der Waals surface area contributed by atoms with Crippen molar-refractivity contribution in [3.05, 3.63) is 106 Å². The summed E-state index contributed by atoms with van der Waals surface area (Å²) in [6.07, 6.45) is 0. The fraction of sp³-hybridized carbons (Fsp3) is 0.0400. The highest BCUT2D eigenvalue weighted by Gasteiger charge is 2.15. The van der Waals surface area contributed by atoms with Crippen LogP contribution in [0.2, 0.25) is 0 Å². The molecule has 0 saturated carbocycles. The monoisotopic (exact) mass is 394 g/mol. The molecule has 140 valence electrons. The van der Waals surface area contributed by atoms with Crippen LogP contribution in [0.3, 0.4) is 0 Å². The van der Waals surface area contributed by atoms with Crippen molar-refractivity contribution in [1.82, 2.24) is 9.78 Å². The molecule has 0 atom stereocenters. The third-order valence-corrected chi connectivity index (χ3v) is 6.01. The van der Waals surface area contributed by atoms with Crippen molar-refractivity contribution in [3.8, 4) is 27.4 Å². The lowest BCUT2D eigenvalue weighted by atomic mass is 10.0. The minimum atomic E-state index is -0.105. The molecule has 0 N–H and O–H groups in total. The molecule has 0 amide bonds. The summed E-state index contributed by atoms with van der Waals surface area (Å²) in [7, 11) is 0. The molecule has 0 aliphatic rings. The van der Waals surface area contributed by atoms with Crippen molar-refractivity contribution in [1.29, 1.82) is 0 Å². The van der Waals surface area contributed by atoms with Gasteiger partial charge in [0.1, 0.15) is 0 Å². The van der Waals surface area contributed by atoms with Crippen molar-refractivity contribution in [2.75, 3.05) is 0 Å². The maximum absolute atomic E-state index is 13.4. The number of thiophene rings is 1. The summed E-state index contributed by atoms with van der Waals surface area (Å²) in [6.45, 7) is 2.01. The molecule has 5 aromatic rings.